The minimum atomic E-state index is -0.732. The summed E-state index contributed by atoms with van der Waals surface area (Å²) >= 11 is 0. The molecule has 0 spiro atoms. The molecule has 1 heterocycles. The van der Waals surface area contributed by atoms with Gasteiger partial charge in [-0.1, -0.05) is 13.8 Å². The highest BCUT2D eigenvalue weighted by Gasteiger charge is 2.23. The van der Waals surface area contributed by atoms with Crippen molar-refractivity contribution in [1.29, 1.82) is 5.26 Å². The zero-order valence-corrected chi connectivity index (χ0v) is 12.4. The molecule has 1 aromatic heterocycles. The van der Waals surface area contributed by atoms with Crippen LogP contribution in [0.3, 0.4) is 0 Å². The van der Waals surface area contributed by atoms with Crippen molar-refractivity contribution in [2.24, 2.45) is 0 Å². The number of hydrogen-bond donors (Lipinski definition) is 2. The lowest BCUT2D eigenvalue weighted by Gasteiger charge is -2.26. The van der Waals surface area contributed by atoms with Gasteiger partial charge in [0, 0.05) is 12.2 Å². The number of rotatable bonds is 5. The van der Waals surface area contributed by atoms with E-state index in [-0.39, 0.29) is 0 Å². The minimum Gasteiger partial charge on any atom is -0.388 e. The van der Waals surface area contributed by atoms with Crippen LogP contribution >= 0.6 is 0 Å². The van der Waals surface area contributed by atoms with Crippen molar-refractivity contribution < 1.29 is 5.11 Å². The fourth-order valence-electron chi connectivity index (χ4n) is 2.60. The third-order valence-corrected chi connectivity index (χ3v) is 4.32. The van der Waals surface area contributed by atoms with Crippen molar-refractivity contribution in [3.8, 4) is 6.07 Å². The Hall–Kier alpha value is -1.60. The molecule has 0 saturated heterocycles. The summed E-state index contributed by atoms with van der Waals surface area (Å²) in [6.45, 7) is 4.37. The highest BCUT2D eigenvalue weighted by molar-refractivity contribution is 5.54. The fraction of sp³-hybridized carbons (Fsp3) is 0.625. The average Bonchev–Trinajstić information content (AvgIpc) is 2.51. The lowest BCUT2D eigenvalue weighted by Crippen LogP contribution is -2.35. The van der Waals surface area contributed by atoms with E-state index >= 15 is 0 Å². The number of pyridine rings is 1. The van der Waals surface area contributed by atoms with Gasteiger partial charge in [-0.25, -0.2) is 4.98 Å². The second-order valence-electron chi connectivity index (χ2n) is 5.59. The lowest BCUT2D eigenvalue weighted by atomic mass is 9.94. The highest BCUT2D eigenvalue weighted by Crippen LogP contribution is 2.25. The van der Waals surface area contributed by atoms with Crippen molar-refractivity contribution in [3.05, 3.63) is 22.9 Å². The first-order chi connectivity index (χ1) is 9.61. The molecule has 2 N–H and O–H groups in total. The van der Waals surface area contributed by atoms with E-state index in [0.717, 1.165) is 18.5 Å². The zero-order chi connectivity index (χ0) is 14.6. The number of aromatic nitrogens is 1. The highest BCUT2D eigenvalue weighted by atomic mass is 16.3. The van der Waals surface area contributed by atoms with Crippen molar-refractivity contribution in [1.82, 2.24) is 4.98 Å². The average molecular weight is 273 g/mol. The molecule has 1 aliphatic rings. The molecule has 0 saturated carbocycles. The van der Waals surface area contributed by atoms with E-state index < -0.39 is 5.60 Å². The second kappa shape index (κ2) is 6.23. The van der Waals surface area contributed by atoms with Crippen molar-refractivity contribution in [2.45, 2.75) is 58.0 Å². The molecule has 0 unspecified atom stereocenters. The van der Waals surface area contributed by atoms with Crippen LogP contribution in [0.1, 0.15) is 56.4 Å². The van der Waals surface area contributed by atoms with Crippen molar-refractivity contribution in [3.63, 3.8) is 0 Å². The van der Waals surface area contributed by atoms with E-state index in [1.54, 1.807) is 0 Å². The van der Waals surface area contributed by atoms with E-state index in [4.69, 9.17) is 0 Å². The van der Waals surface area contributed by atoms with E-state index in [1.165, 1.54) is 18.4 Å². The Morgan fingerprint density at radius 2 is 2.05 bits per heavy atom. The molecule has 0 fully saturated rings. The van der Waals surface area contributed by atoms with Gasteiger partial charge in [0.25, 0.3) is 0 Å². The van der Waals surface area contributed by atoms with Gasteiger partial charge in [-0.05, 0) is 50.2 Å². The summed E-state index contributed by atoms with van der Waals surface area (Å²) in [6, 6.07) is 4.17. The summed E-state index contributed by atoms with van der Waals surface area (Å²) < 4.78 is 0. The molecule has 0 aliphatic heterocycles. The Kier molecular flexibility index (Phi) is 4.61. The summed E-state index contributed by atoms with van der Waals surface area (Å²) in [6.07, 6.45) is 5.72. The molecule has 0 bridgehead atoms. The summed E-state index contributed by atoms with van der Waals surface area (Å²) in [5, 5.41) is 22.8. The number of nitrogens with zero attached hydrogens (tertiary/aromatic N) is 2. The standard InChI is InChI=1S/C16H23N3O/c1-3-16(20,4-2)11-18-15-13(10-17)9-12-7-5-6-8-14(12)19-15/h9,20H,3-8,11H2,1-2H3,(H,18,19). The largest absolute Gasteiger partial charge is 0.388 e. The maximum atomic E-state index is 10.3. The Labute approximate surface area is 120 Å². The molecule has 4 nitrogen and oxygen atoms in total. The van der Waals surface area contributed by atoms with E-state index in [1.807, 2.05) is 19.9 Å². The molecule has 20 heavy (non-hydrogen) atoms. The van der Waals surface area contributed by atoms with Gasteiger partial charge in [0.1, 0.15) is 11.9 Å². The van der Waals surface area contributed by atoms with E-state index in [0.29, 0.717) is 30.8 Å². The molecule has 108 valence electrons. The van der Waals surface area contributed by atoms with Gasteiger partial charge in [-0.3, -0.25) is 0 Å². The molecule has 4 heteroatoms. The lowest BCUT2D eigenvalue weighted by molar-refractivity contribution is 0.0456. The topological polar surface area (TPSA) is 68.9 Å². The van der Waals surface area contributed by atoms with Crippen LogP contribution in [0.4, 0.5) is 5.82 Å². The fourth-order valence-corrected chi connectivity index (χ4v) is 2.60. The molecular weight excluding hydrogens is 250 g/mol. The summed E-state index contributed by atoms with van der Waals surface area (Å²) in [4.78, 5) is 4.61. The van der Waals surface area contributed by atoms with Gasteiger partial charge in [-0.15, -0.1) is 0 Å². The maximum absolute atomic E-state index is 10.3. The number of aryl methyl sites for hydroxylation is 2. The maximum Gasteiger partial charge on any atom is 0.144 e. The first-order valence-corrected chi connectivity index (χ1v) is 7.51. The van der Waals surface area contributed by atoms with Crippen LogP contribution in [0, 0.1) is 11.3 Å². The van der Waals surface area contributed by atoms with Crippen LogP contribution in [0.25, 0.3) is 0 Å². The van der Waals surface area contributed by atoms with Gasteiger partial charge in [0.15, 0.2) is 0 Å². The SMILES string of the molecule is CCC(O)(CC)CNc1nc2c(cc1C#N)CCCC2. The molecule has 0 amide bonds. The van der Waals surface area contributed by atoms with Gasteiger partial charge < -0.3 is 10.4 Å². The first-order valence-electron chi connectivity index (χ1n) is 7.51. The number of hydrogen-bond acceptors (Lipinski definition) is 4. The number of anilines is 1. The van der Waals surface area contributed by atoms with Crippen LogP contribution in [-0.2, 0) is 12.8 Å². The first kappa shape index (κ1) is 14.8. The summed E-state index contributed by atoms with van der Waals surface area (Å²) in [5.41, 5.74) is 2.17. The van der Waals surface area contributed by atoms with Crippen LogP contribution < -0.4 is 5.32 Å². The normalized spacial score (nSPS) is 14.5. The molecule has 0 atom stereocenters. The Balaban J connectivity index is 2.21. The molecule has 1 aromatic rings. The quantitative estimate of drug-likeness (QED) is 0.865. The van der Waals surface area contributed by atoms with Crippen LogP contribution in [0.2, 0.25) is 0 Å². The predicted octanol–water partition coefficient (Wildman–Crippen LogP) is 2.80. The Morgan fingerprint density at radius 3 is 2.70 bits per heavy atom. The Bertz CT molecular complexity index is 515. The van der Waals surface area contributed by atoms with Gasteiger partial charge in [0.05, 0.1) is 11.2 Å². The summed E-state index contributed by atoms with van der Waals surface area (Å²) in [5.74, 6) is 0.619. The third kappa shape index (κ3) is 3.10. The molecule has 2 rings (SSSR count). The molecule has 1 aliphatic carbocycles. The number of fused-ring (bicyclic) bond motifs is 1. The number of aliphatic hydroxyl groups is 1. The number of nitrogens with one attached hydrogen (secondary N) is 1. The van der Waals surface area contributed by atoms with Gasteiger partial charge in [-0.2, -0.15) is 5.26 Å². The predicted molar refractivity (Wildman–Crippen MR) is 79.6 cm³/mol. The van der Waals surface area contributed by atoms with E-state index in [2.05, 4.69) is 16.4 Å². The van der Waals surface area contributed by atoms with Crippen molar-refractivity contribution in [2.75, 3.05) is 11.9 Å². The molecule has 0 aromatic carbocycles. The Morgan fingerprint density at radius 1 is 1.35 bits per heavy atom. The van der Waals surface area contributed by atoms with Gasteiger partial charge >= 0.3 is 0 Å². The third-order valence-electron chi connectivity index (χ3n) is 4.32. The van der Waals surface area contributed by atoms with E-state index in [9.17, 15) is 10.4 Å². The second-order valence-corrected chi connectivity index (χ2v) is 5.59. The van der Waals surface area contributed by atoms with Crippen molar-refractivity contribution >= 4 is 5.82 Å². The van der Waals surface area contributed by atoms with Crippen LogP contribution in [0.15, 0.2) is 6.07 Å². The monoisotopic (exact) mass is 273 g/mol. The zero-order valence-electron chi connectivity index (χ0n) is 12.4. The van der Waals surface area contributed by atoms with Crippen LogP contribution in [0.5, 0.6) is 0 Å². The smallest absolute Gasteiger partial charge is 0.144 e. The number of nitriles is 1. The van der Waals surface area contributed by atoms with Gasteiger partial charge in [0.2, 0.25) is 0 Å². The molecular formula is C16H23N3O. The summed E-state index contributed by atoms with van der Waals surface area (Å²) in [7, 11) is 0. The molecule has 0 radical (unpaired) electrons. The minimum absolute atomic E-state index is 0.431. The van der Waals surface area contributed by atoms with Crippen LogP contribution in [-0.4, -0.2) is 22.2 Å².